The largest absolute Gasteiger partial charge is 0.394 e. The molecule has 0 aromatic heterocycles. The van der Waals surface area contributed by atoms with Crippen molar-refractivity contribution >= 4 is 0 Å². The summed E-state index contributed by atoms with van der Waals surface area (Å²) in [7, 11) is 1.73. The van der Waals surface area contributed by atoms with Crippen LogP contribution in [-0.2, 0) is 22.3 Å². The maximum absolute atomic E-state index is 9.49. The molecule has 0 aliphatic heterocycles. The molecule has 2 aliphatic carbocycles. The highest BCUT2D eigenvalue weighted by atomic mass is 16.5. The summed E-state index contributed by atoms with van der Waals surface area (Å²) in [5.74, 6) is 1.14. The molecule has 4 nitrogen and oxygen atoms in total. The number of aliphatic hydroxyl groups excluding tert-OH is 1. The molecule has 0 heterocycles. The molecule has 4 heteroatoms. The lowest BCUT2D eigenvalue weighted by molar-refractivity contribution is 0.0750. The second-order valence-corrected chi connectivity index (χ2v) is 8.02. The molecule has 0 unspecified atom stereocenters. The average Bonchev–Trinajstić information content (AvgIpc) is 3.04. The highest BCUT2D eigenvalue weighted by molar-refractivity contribution is 5.36. The zero-order chi connectivity index (χ0) is 17.7. The van der Waals surface area contributed by atoms with Crippen molar-refractivity contribution in [3.8, 4) is 0 Å². The SMILES string of the molecule is COCCCOC[C@@H]1CCc2cc([C@H]3CC[C@](N)(CO)C3)ccc2C1. The van der Waals surface area contributed by atoms with Gasteiger partial charge in [0.25, 0.3) is 0 Å². The van der Waals surface area contributed by atoms with Crippen molar-refractivity contribution in [1.82, 2.24) is 0 Å². The van der Waals surface area contributed by atoms with Gasteiger partial charge in [0.05, 0.1) is 6.61 Å². The number of methoxy groups -OCH3 is 1. The van der Waals surface area contributed by atoms with Crippen LogP contribution in [0.2, 0.25) is 0 Å². The van der Waals surface area contributed by atoms with Crippen LogP contribution in [0, 0.1) is 5.92 Å². The number of fused-ring (bicyclic) bond motifs is 1. The van der Waals surface area contributed by atoms with Crippen LogP contribution in [0.5, 0.6) is 0 Å². The summed E-state index contributed by atoms with van der Waals surface area (Å²) < 4.78 is 10.9. The maximum Gasteiger partial charge on any atom is 0.0611 e. The first-order chi connectivity index (χ1) is 12.1. The van der Waals surface area contributed by atoms with E-state index in [1.165, 1.54) is 23.1 Å². The molecule has 0 amide bonds. The van der Waals surface area contributed by atoms with Crippen molar-refractivity contribution in [2.45, 2.75) is 56.4 Å². The molecule has 1 aromatic rings. The van der Waals surface area contributed by atoms with Crippen molar-refractivity contribution < 1.29 is 14.6 Å². The summed E-state index contributed by atoms with van der Waals surface area (Å²) in [5.41, 5.74) is 10.3. The molecular weight excluding hydrogens is 314 g/mol. The molecule has 0 saturated heterocycles. The Kier molecular flexibility index (Phi) is 6.50. The van der Waals surface area contributed by atoms with Gasteiger partial charge in [0.2, 0.25) is 0 Å². The molecule has 1 fully saturated rings. The molecule has 25 heavy (non-hydrogen) atoms. The second-order valence-electron chi connectivity index (χ2n) is 8.02. The summed E-state index contributed by atoms with van der Waals surface area (Å²) in [6.07, 6.45) is 7.38. The molecule has 140 valence electrons. The lowest BCUT2D eigenvalue weighted by Crippen LogP contribution is -2.40. The van der Waals surface area contributed by atoms with E-state index in [0.29, 0.717) is 11.8 Å². The molecule has 1 saturated carbocycles. The van der Waals surface area contributed by atoms with Gasteiger partial charge in [-0.3, -0.25) is 0 Å². The molecule has 3 atom stereocenters. The van der Waals surface area contributed by atoms with Crippen LogP contribution in [0.1, 0.15) is 54.7 Å². The summed E-state index contributed by atoms with van der Waals surface area (Å²) in [4.78, 5) is 0. The first-order valence-corrected chi connectivity index (χ1v) is 9.71. The molecule has 3 rings (SSSR count). The Morgan fingerprint density at radius 2 is 2.12 bits per heavy atom. The smallest absolute Gasteiger partial charge is 0.0611 e. The minimum absolute atomic E-state index is 0.0977. The van der Waals surface area contributed by atoms with Crippen LogP contribution >= 0.6 is 0 Å². The Morgan fingerprint density at radius 3 is 2.88 bits per heavy atom. The third-order valence-corrected chi connectivity index (χ3v) is 5.98. The van der Waals surface area contributed by atoms with Crippen molar-refractivity contribution in [2.75, 3.05) is 33.5 Å². The quantitative estimate of drug-likeness (QED) is 0.710. The number of hydrogen-bond donors (Lipinski definition) is 2. The maximum atomic E-state index is 9.49. The van der Waals surface area contributed by atoms with Crippen molar-refractivity contribution in [3.05, 3.63) is 34.9 Å². The van der Waals surface area contributed by atoms with Gasteiger partial charge >= 0.3 is 0 Å². The fourth-order valence-corrected chi connectivity index (χ4v) is 4.39. The lowest BCUT2D eigenvalue weighted by Gasteiger charge is -2.26. The van der Waals surface area contributed by atoms with Crippen LogP contribution < -0.4 is 5.73 Å². The minimum Gasteiger partial charge on any atom is -0.394 e. The molecule has 0 bridgehead atoms. The monoisotopic (exact) mass is 347 g/mol. The minimum atomic E-state index is -0.369. The van der Waals surface area contributed by atoms with Crippen molar-refractivity contribution in [3.63, 3.8) is 0 Å². The van der Waals surface area contributed by atoms with Gasteiger partial charge in [-0.25, -0.2) is 0 Å². The van der Waals surface area contributed by atoms with Crippen LogP contribution in [0.15, 0.2) is 18.2 Å². The number of rotatable bonds is 8. The summed E-state index contributed by atoms with van der Waals surface area (Å²) in [6.45, 7) is 2.53. The van der Waals surface area contributed by atoms with Crippen LogP contribution in [-0.4, -0.2) is 44.2 Å². The van der Waals surface area contributed by atoms with Crippen molar-refractivity contribution in [1.29, 1.82) is 0 Å². The van der Waals surface area contributed by atoms with E-state index in [9.17, 15) is 5.11 Å². The zero-order valence-corrected chi connectivity index (χ0v) is 15.5. The topological polar surface area (TPSA) is 64.7 Å². The number of hydrogen-bond acceptors (Lipinski definition) is 4. The van der Waals surface area contributed by atoms with Gasteiger partial charge in [0.15, 0.2) is 0 Å². The third-order valence-electron chi connectivity index (χ3n) is 5.98. The van der Waals surface area contributed by atoms with E-state index in [1.807, 2.05) is 0 Å². The highest BCUT2D eigenvalue weighted by Crippen LogP contribution is 2.40. The van der Waals surface area contributed by atoms with Gasteiger partial charge < -0.3 is 20.3 Å². The first kappa shape index (κ1) is 18.8. The standard InChI is InChI=1S/C21H33NO3/c1-24-9-2-10-25-14-16-3-4-18-12-19(6-5-17(18)11-16)20-7-8-21(22,13-20)15-23/h5-6,12,16,20,23H,2-4,7-11,13-15,22H2,1H3/t16-,20+,21-/m1/s1. The van der Waals surface area contributed by atoms with Crippen LogP contribution in [0.3, 0.4) is 0 Å². The van der Waals surface area contributed by atoms with E-state index in [-0.39, 0.29) is 12.1 Å². The Balaban J connectivity index is 1.53. The van der Waals surface area contributed by atoms with Crippen LogP contribution in [0.4, 0.5) is 0 Å². The lowest BCUT2D eigenvalue weighted by atomic mass is 9.82. The average molecular weight is 347 g/mol. The number of ether oxygens (including phenoxy) is 2. The Hall–Kier alpha value is -0.940. The molecular formula is C21H33NO3. The predicted octanol–water partition coefficient (Wildman–Crippen LogP) is 2.80. The normalized spacial score (nSPS) is 28.9. The zero-order valence-electron chi connectivity index (χ0n) is 15.5. The van der Waals surface area contributed by atoms with Gasteiger partial charge in [-0.1, -0.05) is 18.2 Å². The molecule has 1 aromatic carbocycles. The fraction of sp³-hybridized carbons (Fsp3) is 0.714. The first-order valence-electron chi connectivity index (χ1n) is 9.71. The molecule has 0 radical (unpaired) electrons. The van der Waals surface area contributed by atoms with E-state index in [1.54, 1.807) is 7.11 Å². The summed E-state index contributed by atoms with van der Waals surface area (Å²) >= 11 is 0. The number of aliphatic hydroxyl groups is 1. The van der Waals surface area contributed by atoms with E-state index in [4.69, 9.17) is 15.2 Å². The van der Waals surface area contributed by atoms with E-state index in [0.717, 1.165) is 58.3 Å². The molecule has 2 aliphatic rings. The number of nitrogens with two attached hydrogens (primary N) is 1. The number of benzene rings is 1. The van der Waals surface area contributed by atoms with Gasteiger partial charge in [-0.2, -0.15) is 0 Å². The van der Waals surface area contributed by atoms with Gasteiger partial charge in [0.1, 0.15) is 0 Å². The highest BCUT2D eigenvalue weighted by Gasteiger charge is 2.36. The van der Waals surface area contributed by atoms with Crippen molar-refractivity contribution in [2.24, 2.45) is 11.7 Å². The van der Waals surface area contributed by atoms with E-state index in [2.05, 4.69) is 18.2 Å². The Bertz CT molecular complexity index is 562. The number of aryl methyl sites for hydroxylation is 1. The second kappa shape index (κ2) is 8.63. The third kappa shape index (κ3) is 4.82. The van der Waals surface area contributed by atoms with Gasteiger partial charge in [-0.05, 0) is 73.5 Å². The van der Waals surface area contributed by atoms with Gasteiger partial charge in [0, 0.05) is 32.5 Å². The Morgan fingerprint density at radius 1 is 1.24 bits per heavy atom. The fourth-order valence-electron chi connectivity index (χ4n) is 4.39. The predicted molar refractivity (Wildman–Crippen MR) is 99.9 cm³/mol. The van der Waals surface area contributed by atoms with E-state index >= 15 is 0 Å². The summed E-state index contributed by atoms with van der Waals surface area (Å²) in [6, 6.07) is 7.00. The molecule has 3 N–H and O–H groups in total. The van der Waals surface area contributed by atoms with Gasteiger partial charge in [-0.15, -0.1) is 0 Å². The van der Waals surface area contributed by atoms with E-state index < -0.39 is 0 Å². The Labute approximate surface area is 151 Å². The summed E-state index contributed by atoms with van der Waals surface area (Å²) in [5, 5.41) is 9.49. The van der Waals surface area contributed by atoms with Crippen LogP contribution in [0.25, 0.3) is 0 Å². The molecule has 0 spiro atoms.